The molecule has 0 aromatic rings. The fraction of sp³-hybridized carbons (Fsp3) is 0.778. The van der Waals surface area contributed by atoms with Crippen LogP contribution in [-0.4, -0.2) is 23.7 Å². The predicted octanol–water partition coefficient (Wildman–Crippen LogP) is 8.01. The number of carbonyl (C=O) groups is 2. The average molecular weight is 437 g/mol. The summed E-state index contributed by atoms with van der Waals surface area (Å²) < 4.78 is 5.02. The third kappa shape index (κ3) is 21.4. The van der Waals surface area contributed by atoms with E-state index in [-0.39, 0.29) is 13.0 Å². The van der Waals surface area contributed by atoms with E-state index in [0.717, 1.165) is 19.3 Å². The lowest BCUT2D eigenvalue weighted by atomic mass is 9.97. The van der Waals surface area contributed by atoms with Gasteiger partial charge in [0.15, 0.2) is 0 Å². The first kappa shape index (κ1) is 29.4. The van der Waals surface area contributed by atoms with Crippen LogP contribution in [0.4, 0.5) is 0 Å². The van der Waals surface area contributed by atoms with Crippen LogP contribution in [-0.2, 0) is 14.3 Å². The molecule has 0 aromatic carbocycles. The van der Waals surface area contributed by atoms with Crippen LogP contribution in [0.5, 0.6) is 0 Å². The highest BCUT2D eigenvalue weighted by Crippen LogP contribution is 2.18. The van der Waals surface area contributed by atoms with E-state index in [0.29, 0.717) is 6.42 Å². The Bertz CT molecular complexity index is 470. The molecule has 1 N–H and O–H groups in total. The fourth-order valence-corrected chi connectivity index (χ4v) is 3.76. The Kier molecular flexibility index (Phi) is 21.9. The number of hydrogen-bond acceptors (Lipinski definition) is 3. The lowest BCUT2D eigenvalue weighted by Gasteiger charge is -2.13. The number of carboxylic acids is 1. The molecule has 0 radical (unpaired) electrons. The van der Waals surface area contributed by atoms with Crippen molar-refractivity contribution < 1.29 is 19.4 Å². The van der Waals surface area contributed by atoms with Crippen LogP contribution in [0, 0.1) is 5.92 Å². The van der Waals surface area contributed by atoms with E-state index >= 15 is 0 Å². The molecule has 4 heteroatoms. The number of aliphatic carboxylic acids is 1. The van der Waals surface area contributed by atoms with Crippen molar-refractivity contribution in [1.29, 1.82) is 0 Å². The van der Waals surface area contributed by atoms with Crippen LogP contribution in [0.1, 0.15) is 122 Å². The minimum atomic E-state index is -0.946. The van der Waals surface area contributed by atoms with Gasteiger partial charge in [0.25, 0.3) is 0 Å². The highest BCUT2D eigenvalue weighted by Gasteiger charge is 2.22. The van der Waals surface area contributed by atoms with Gasteiger partial charge in [-0.05, 0) is 32.1 Å². The summed E-state index contributed by atoms with van der Waals surface area (Å²) in [6.45, 7) is 5.91. The summed E-state index contributed by atoms with van der Waals surface area (Å²) in [5.74, 6) is -1.90. The Morgan fingerprint density at radius 2 is 1.29 bits per heavy atom. The second-order valence-corrected chi connectivity index (χ2v) is 8.65. The normalized spacial score (nSPS) is 12.2. The molecule has 31 heavy (non-hydrogen) atoms. The summed E-state index contributed by atoms with van der Waals surface area (Å²) in [4.78, 5) is 22.9. The minimum absolute atomic E-state index is 0.143. The van der Waals surface area contributed by atoms with Gasteiger partial charge >= 0.3 is 11.9 Å². The van der Waals surface area contributed by atoms with E-state index < -0.39 is 17.9 Å². The third-order valence-corrected chi connectivity index (χ3v) is 5.66. The molecule has 0 fully saturated rings. The number of rotatable bonds is 23. The first-order valence-electron chi connectivity index (χ1n) is 12.8. The molecular formula is C27H48O4. The Balaban J connectivity index is 3.51. The number of esters is 1. The van der Waals surface area contributed by atoms with Gasteiger partial charge in [-0.15, -0.1) is 0 Å². The average Bonchev–Trinajstić information content (AvgIpc) is 2.75. The van der Waals surface area contributed by atoms with Crippen LogP contribution < -0.4 is 0 Å². The summed E-state index contributed by atoms with van der Waals surface area (Å²) in [6.07, 6.45) is 26.8. The van der Waals surface area contributed by atoms with Gasteiger partial charge in [0.2, 0.25) is 0 Å². The molecule has 0 rings (SSSR count). The molecule has 0 heterocycles. The van der Waals surface area contributed by atoms with Crippen molar-refractivity contribution in [3.63, 3.8) is 0 Å². The summed E-state index contributed by atoms with van der Waals surface area (Å²) >= 11 is 0. The van der Waals surface area contributed by atoms with E-state index in [1.54, 1.807) is 0 Å². The Labute approximate surface area is 191 Å². The highest BCUT2D eigenvalue weighted by atomic mass is 16.5. The second kappa shape index (κ2) is 23.1. The molecule has 0 saturated heterocycles. The van der Waals surface area contributed by atoms with E-state index in [2.05, 4.69) is 25.7 Å². The standard InChI is InChI=1S/C27H48O4/c1-3-5-6-7-8-9-10-11-12-13-14-15-16-17-18-19-20-21-22-25(24-26(28)29)27(30)31-23-4-2/h4,11-12,25H,2-3,5-10,13-24H2,1H3,(H,28,29)/b12-11+. The van der Waals surface area contributed by atoms with Gasteiger partial charge in [-0.2, -0.15) is 0 Å². The van der Waals surface area contributed by atoms with Gasteiger partial charge in [-0.25, -0.2) is 0 Å². The third-order valence-electron chi connectivity index (χ3n) is 5.66. The highest BCUT2D eigenvalue weighted by molar-refractivity contribution is 5.79. The number of carbonyl (C=O) groups excluding carboxylic acids is 1. The fourth-order valence-electron chi connectivity index (χ4n) is 3.76. The number of allylic oxidation sites excluding steroid dienone is 2. The summed E-state index contributed by atoms with van der Waals surface area (Å²) in [5.41, 5.74) is 0. The van der Waals surface area contributed by atoms with Gasteiger partial charge < -0.3 is 9.84 Å². The van der Waals surface area contributed by atoms with Crippen molar-refractivity contribution in [3.8, 4) is 0 Å². The second-order valence-electron chi connectivity index (χ2n) is 8.65. The van der Waals surface area contributed by atoms with Crippen LogP contribution in [0.2, 0.25) is 0 Å². The largest absolute Gasteiger partial charge is 0.481 e. The smallest absolute Gasteiger partial charge is 0.309 e. The zero-order chi connectivity index (χ0) is 23.0. The van der Waals surface area contributed by atoms with Crippen molar-refractivity contribution in [1.82, 2.24) is 0 Å². The first-order chi connectivity index (χ1) is 15.1. The van der Waals surface area contributed by atoms with Crippen LogP contribution in [0.3, 0.4) is 0 Å². The van der Waals surface area contributed by atoms with Gasteiger partial charge in [0.1, 0.15) is 6.61 Å². The van der Waals surface area contributed by atoms with Gasteiger partial charge in [-0.1, -0.05) is 109 Å². The summed E-state index contributed by atoms with van der Waals surface area (Å²) in [5, 5.41) is 8.98. The molecule has 4 nitrogen and oxygen atoms in total. The van der Waals surface area contributed by atoms with Crippen LogP contribution in [0.15, 0.2) is 24.8 Å². The van der Waals surface area contributed by atoms with Crippen LogP contribution >= 0.6 is 0 Å². The molecule has 0 bridgehead atoms. The maximum absolute atomic E-state index is 11.9. The van der Waals surface area contributed by atoms with Crippen molar-refractivity contribution in [2.75, 3.05) is 6.61 Å². The SMILES string of the molecule is C=CCOC(=O)C(CCCCCCCCCC/C=C/CCCCCCCC)CC(=O)O. The van der Waals surface area contributed by atoms with Crippen molar-refractivity contribution in [3.05, 3.63) is 24.8 Å². The van der Waals surface area contributed by atoms with Crippen LogP contribution in [0.25, 0.3) is 0 Å². The summed E-state index contributed by atoms with van der Waals surface area (Å²) in [6, 6.07) is 0. The quantitative estimate of drug-likeness (QED) is 0.100. The molecule has 0 saturated carbocycles. The molecular weight excluding hydrogens is 388 g/mol. The van der Waals surface area contributed by atoms with E-state index in [1.165, 1.54) is 89.5 Å². The van der Waals surface area contributed by atoms with E-state index in [9.17, 15) is 9.59 Å². The van der Waals surface area contributed by atoms with E-state index in [4.69, 9.17) is 9.84 Å². The monoisotopic (exact) mass is 436 g/mol. The predicted molar refractivity (Wildman–Crippen MR) is 130 cm³/mol. The lowest BCUT2D eigenvalue weighted by Crippen LogP contribution is -2.21. The number of hydrogen-bond donors (Lipinski definition) is 1. The zero-order valence-electron chi connectivity index (χ0n) is 20.1. The number of unbranched alkanes of at least 4 members (excludes halogenated alkanes) is 14. The first-order valence-corrected chi connectivity index (χ1v) is 12.8. The zero-order valence-corrected chi connectivity index (χ0v) is 20.1. The molecule has 0 aliphatic carbocycles. The lowest BCUT2D eigenvalue weighted by molar-refractivity contribution is -0.152. The number of ether oxygens (including phenoxy) is 1. The maximum Gasteiger partial charge on any atom is 0.309 e. The van der Waals surface area contributed by atoms with Crippen molar-refractivity contribution >= 4 is 11.9 Å². The topological polar surface area (TPSA) is 63.6 Å². The Morgan fingerprint density at radius 1 is 0.806 bits per heavy atom. The minimum Gasteiger partial charge on any atom is -0.481 e. The molecule has 0 aliphatic rings. The molecule has 1 unspecified atom stereocenters. The van der Waals surface area contributed by atoms with E-state index in [1.807, 2.05) is 0 Å². The molecule has 180 valence electrons. The van der Waals surface area contributed by atoms with Gasteiger partial charge in [-0.3, -0.25) is 9.59 Å². The Morgan fingerprint density at radius 3 is 1.77 bits per heavy atom. The Hall–Kier alpha value is -1.58. The maximum atomic E-state index is 11.9. The van der Waals surface area contributed by atoms with Crippen molar-refractivity contribution in [2.24, 2.45) is 5.92 Å². The molecule has 0 amide bonds. The summed E-state index contributed by atoms with van der Waals surface area (Å²) in [7, 11) is 0. The van der Waals surface area contributed by atoms with Crippen molar-refractivity contribution in [2.45, 2.75) is 122 Å². The molecule has 0 aliphatic heterocycles. The molecule has 1 atom stereocenters. The van der Waals surface area contributed by atoms with Gasteiger partial charge in [0, 0.05) is 0 Å². The molecule has 0 spiro atoms. The molecule has 0 aromatic heterocycles. The van der Waals surface area contributed by atoms with Gasteiger partial charge in [0.05, 0.1) is 12.3 Å². The number of carboxylic acid groups (broad SMARTS) is 1.